The van der Waals surface area contributed by atoms with Crippen LogP contribution in [0.5, 0.6) is 17.2 Å². The minimum Gasteiger partial charge on any atom is -0.493 e. The molecule has 2 aliphatic rings. The lowest BCUT2D eigenvalue weighted by molar-refractivity contribution is -0.129. The predicted octanol–water partition coefficient (Wildman–Crippen LogP) is 0.738. The highest BCUT2D eigenvalue weighted by Gasteiger charge is 2.27. The zero-order valence-electron chi connectivity index (χ0n) is 27.4. The Hall–Kier alpha value is -5.60. The van der Waals surface area contributed by atoms with Crippen LogP contribution in [-0.4, -0.2) is 103 Å². The maximum absolute atomic E-state index is 13.5. The molecule has 0 saturated heterocycles. The van der Waals surface area contributed by atoms with Crippen molar-refractivity contribution in [3.05, 3.63) is 71.3 Å². The van der Waals surface area contributed by atoms with Crippen LogP contribution in [0.25, 0.3) is 0 Å². The van der Waals surface area contributed by atoms with Crippen molar-refractivity contribution in [2.45, 2.75) is 38.8 Å². The molecule has 0 saturated carbocycles. The topological polar surface area (TPSA) is 193 Å². The number of hydrogen-bond acceptors (Lipinski definition) is 9. The fourth-order valence-corrected chi connectivity index (χ4v) is 4.95. The third kappa shape index (κ3) is 9.47. The van der Waals surface area contributed by atoms with Crippen molar-refractivity contribution >= 4 is 29.5 Å². The number of carbonyl (C=O) groups is 5. The van der Waals surface area contributed by atoms with Gasteiger partial charge in [0.2, 0.25) is 23.5 Å². The summed E-state index contributed by atoms with van der Waals surface area (Å²) in [5.74, 6) is -1.32. The lowest BCUT2D eigenvalue weighted by atomic mass is 10.0. The third-order valence-corrected chi connectivity index (χ3v) is 7.50. The molecular formula is C33H41N7O8. The maximum Gasteiger partial charge on any atom is 0.272 e. The number of nitrogens with one attached hydrogen (secondary N) is 5. The molecule has 15 nitrogen and oxygen atoms in total. The van der Waals surface area contributed by atoms with Crippen LogP contribution < -0.4 is 35.5 Å². The average Bonchev–Trinajstić information content (AvgIpc) is 3.52. The molecule has 2 bridgehead atoms. The first-order chi connectivity index (χ1) is 23.1. The number of fused-ring (bicyclic) bond motifs is 19. The lowest BCUT2D eigenvalue weighted by Gasteiger charge is -2.24. The second kappa shape index (κ2) is 16.8. The van der Waals surface area contributed by atoms with Gasteiger partial charge in [-0.3, -0.25) is 24.0 Å². The number of aromatic nitrogens is 2. The van der Waals surface area contributed by atoms with Crippen LogP contribution >= 0.6 is 0 Å². The molecule has 5 amide bonds. The van der Waals surface area contributed by atoms with Crippen LogP contribution in [-0.2, 0) is 20.8 Å². The van der Waals surface area contributed by atoms with Crippen LogP contribution in [0, 0.1) is 6.92 Å². The van der Waals surface area contributed by atoms with Crippen LogP contribution in [0.1, 0.15) is 45.6 Å². The first-order valence-electron chi connectivity index (χ1n) is 15.5. The summed E-state index contributed by atoms with van der Waals surface area (Å²) < 4.78 is 16.8. The molecule has 2 atom stereocenters. The number of hydrogen-bond donors (Lipinski definition) is 5. The first kappa shape index (κ1) is 35.3. The number of methoxy groups -OCH3 is 2. The minimum atomic E-state index is -1.03. The van der Waals surface area contributed by atoms with Crippen molar-refractivity contribution < 1.29 is 38.2 Å². The van der Waals surface area contributed by atoms with E-state index < -0.39 is 41.6 Å². The van der Waals surface area contributed by atoms with Gasteiger partial charge in [-0.2, -0.15) is 0 Å². The smallest absolute Gasteiger partial charge is 0.272 e. The standard InChI is InChI=1S/C33H41N7O8/c1-20-30(42)39-24(15-22-9-6-5-7-10-22)32(44)35-12-13-40(33(45)25-18-36-21(2)38-25)19-28(41)34-11-8-14-48-29-26(46-3)16-23(31(43)37-20)17-27(29)47-4/h5-7,9-10,16-18,20,24H,8,11-15,19H2,1-4H3,(H,34,41)(H,35,44)(H,36,38)(H,37,43)(H,39,42)/t20-,24+/m0/s1. The Morgan fingerprint density at radius 3 is 2.33 bits per heavy atom. The van der Waals surface area contributed by atoms with Gasteiger partial charge < -0.3 is 45.4 Å². The number of imidazole rings is 1. The largest absolute Gasteiger partial charge is 0.493 e. The number of aromatic amines is 1. The molecule has 1 aromatic heterocycles. The van der Waals surface area contributed by atoms with Gasteiger partial charge in [-0.25, -0.2) is 4.98 Å². The summed E-state index contributed by atoms with van der Waals surface area (Å²) in [6.45, 7) is 3.32. The number of amides is 5. The summed E-state index contributed by atoms with van der Waals surface area (Å²) in [6, 6.07) is 10.0. The number of nitrogens with zero attached hydrogens (tertiary/aromatic N) is 2. The molecule has 0 spiro atoms. The molecule has 0 aliphatic carbocycles. The van der Waals surface area contributed by atoms with E-state index in [1.165, 1.54) is 44.4 Å². The molecule has 15 heteroatoms. The van der Waals surface area contributed by atoms with E-state index in [4.69, 9.17) is 14.2 Å². The van der Waals surface area contributed by atoms with E-state index in [2.05, 4.69) is 31.2 Å². The Morgan fingerprint density at radius 1 is 0.979 bits per heavy atom. The molecule has 3 aromatic rings. The zero-order chi connectivity index (χ0) is 34.6. The predicted molar refractivity (Wildman–Crippen MR) is 174 cm³/mol. The van der Waals surface area contributed by atoms with Gasteiger partial charge in [0.15, 0.2) is 11.5 Å². The van der Waals surface area contributed by atoms with Crippen molar-refractivity contribution in [1.82, 2.24) is 36.1 Å². The lowest BCUT2D eigenvalue weighted by Crippen LogP contribution is -2.54. The van der Waals surface area contributed by atoms with Crippen LogP contribution in [0.4, 0.5) is 0 Å². The summed E-state index contributed by atoms with van der Waals surface area (Å²) >= 11 is 0. The fourth-order valence-electron chi connectivity index (χ4n) is 4.95. The number of carbonyl (C=O) groups excluding carboxylic acids is 5. The van der Waals surface area contributed by atoms with Gasteiger partial charge in [-0.1, -0.05) is 30.3 Å². The molecule has 5 rings (SSSR count). The van der Waals surface area contributed by atoms with Crippen molar-refractivity contribution in [2.75, 3.05) is 47.0 Å². The number of ether oxygens (including phenoxy) is 3. The third-order valence-electron chi connectivity index (χ3n) is 7.50. The highest BCUT2D eigenvalue weighted by Crippen LogP contribution is 2.38. The molecule has 0 radical (unpaired) electrons. The van der Waals surface area contributed by atoms with Gasteiger partial charge in [0, 0.05) is 31.6 Å². The highest BCUT2D eigenvalue weighted by atomic mass is 16.5. The number of benzene rings is 2. The Kier molecular flexibility index (Phi) is 12.3. The Balaban J connectivity index is 1.61. The summed E-state index contributed by atoms with van der Waals surface area (Å²) in [7, 11) is 2.83. The van der Waals surface area contributed by atoms with Gasteiger partial charge in [0.05, 0.1) is 33.6 Å². The number of rotatable bonds is 5. The average molecular weight is 664 g/mol. The summed E-state index contributed by atoms with van der Waals surface area (Å²) in [4.78, 5) is 74.5. The Morgan fingerprint density at radius 2 is 1.69 bits per heavy atom. The second-order valence-electron chi connectivity index (χ2n) is 11.1. The van der Waals surface area contributed by atoms with E-state index in [0.717, 1.165) is 5.56 Å². The fraction of sp³-hybridized carbons (Fsp3) is 0.394. The molecule has 256 valence electrons. The van der Waals surface area contributed by atoms with Gasteiger partial charge in [-0.15, -0.1) is 0 Å². The van der Waals surface area contributed by atoms with Crippen molar-refractivity contribution in [3.63, 3.8) is 0 Å². The van der Waals surface area contributed by atoms with E-state index in [0.29, 0.717) is 12.2 Å². The molecule has 0 unspecified atom stereocenters. The van der Waals surface area contributed by atoms with Gasteiger partial charge in [0.25, 0.3) is 11.8 Å². The quantitative estimate of drug-likeness (QED) is 0.245. The highest BCUT2D eigenvalue weighted by molar-refractivity contribution is 5.99. The molecule has 2 aromatic carbocycles. The van der Waals surface area contributed by atoms with Crippen molar-refractivity contribution in [3.8, 4) is 17.2 Å². The van der Waals surface area contributed by atoms with E-state index in [1.807, 2.05) is 30.3 Å². The van der Waals surface area contributed by atoms with Crippen LogP contribution in [0.15, 0.2) is 48.7 Å². The second-order valence-corrected chi connectivity index (χ2v) is 11.1. The number of aryl methyl sites for hydroxylation is 1. The molecule has 0 fully saturated rings. The monoisotopic (exact) mass is 663 g/mol. The van der Waals surface area contributed by atoms with Crippen LogP contribution in [0.3, 0.4) is 0 Å². The van der Waals surface area contributed by atoms with E-state index in [-0.39, 0.29) is 67.7 Å². The van der Waals surface area contributed by atoms with E-state index >= 15 is 0 Å². The summed E-state index contributed by atoms with van der Waals surface area (Å²) in [5, 5.41) is 11.0. The molecule has 2 aliphatic heterocycles. The molecular weight excluding hydrogens is 622 g/mol. The summed E-state index contributed by atoms with van der Waals surface area (Å²) in [6.07, 6.45) is 1.95. The van der Waals surface area contributed by atoms with E-state index in [9.17, 15) is 24.0 Å². The Labute approximate surface area is 278 Å². The maximum atomic E-state index is 13.5. The molecule has 48 heavy (non-hydrogen) atoms. The van der Waals surface area contributed by atoms with Gasteiger partial charge in [0.1, 0.15) is 23.6 Å². The minimum absolute atomic E-state index is 0.00712. The first-order valence-corrected chi connectivity index (χ1v) is 15.5. The Bertz CT molecular complexity index is 1590. The number of H-pyrrole nitrogens is 1. The van der Waals surface area contributed by atoms with Crippen molar-refractivity contribution in [2.24, 2.45) is 0 Å². The van der Waals surface area contributed by atoms with E-state index in [1.54, 1.807) is 6.92 Å². The van der Waals surface area contributed by atoms with Crippen molar-refractivity contribution in [1.29, 1.82) is 0 Å². The molecule has 5 N–H and O–H groups in total. The SMILES string of the molecule is COc1cc2cc(OC)c1OCCCNC(=O)CN(C(=O)c1cnc(C)[nH]1)CCNC(=O)[C@@H](Cc1ccccc1)NC(=O)[C@H](C)NC2=O. The van der Waals surface area contributed by atoms with Gasteiger partial charge >= 0.3 is 0 Å². The summed E-state index contributed by atoms with van der Waals surface area (Å²) in [5.41, 5.74) is 1.15. The zero-order valence-corrected chi connectivity index (χ0v) is 27.4. The molecule has 3 heterocycles. The van der Waals surface area contributed by atoms with Crippen LogP contribution in [0.2, 0.25) is 0 Å². The normalized spacial score (nSPS) is 18.6. The van der Waals surface area contributed by atoms with Gasteiger partial charge in [-0.05, 0) is 38.0 Å².